The highest BCUT2D eigenvalue weighted by Gasteiger charge is 2.32. The average Bonchev–Trinajstić information content (AvgIpc) is 2.59. The molecule has 0 aromatic rings. The summed E-state index contributed by atoms with van der Waals surface area (Å²) < 4.78 is 0. The Kier molecular flexibility index (Phi) is 10.4. The standard InChI is InChI=1S/C16H29N3O5/c1-17-12(20)4-8-16(11-7-15(23)24,9-5-13(21)18-2)10-6-14(22)19-3/h4-11H2,1-3H3,(H,17,20)(H,18,21)(H,19,22)(H,23,24). The first-order chi connectivity index (χ1) is 11.3. The summed E-state index contributed by atoms with van der Waals surface area (Å²) in [6.45, 7) is 0. The van der Waals surface area contributed by atoms with Gasteiger partial charge in [0.2, 0.25) is 17.7 Å². The van der Waals surface area contributed by atoms with Gasteiger partial charge < -0.3 is 21.1 Å². The van der Waals surface area contributed by atoms with E-state index in [4.69, 9.17) is 5.11 Å². The molecule has 24 heavy (non-hydrogen) atoms. The quantitative estimate of drug-likeness (QED) is 0.409. The van der Waals surface area contributed by atoms with Gasteiger partial charge in [-0.25, -0.2) is 0 Å². The minimum atomic E-state index is -0.931. The van der Waals surface area contributed by atoms with E-state index in [1.54, 1.807) is 0 Å². The summed E-state index contributed by atoms with van der Waals surface area (Å²) in [5, 5.41) is 16.6. The van der Waals surface area contributed by atoms with Crippen LogP contribution in [0.25, 0.3) is 0 Å². The van der Waals surface area contributed by atoms with Crippen molar-refractivity contribution in [1.82, 2.24) is 16.0 Å². The number of carboxylic acid groups (broad SMARTS) is 1. The Balaban J connectivity index is 5.17. The minimum Gasteiger partial charge on any atom is -0.481 e. The summed E-state index contributed by atoms with van der Waals surface area (Å²) in [4.78, 5) is 45.8. The molecule has 8 heteroatoms. The third kappa shape index (κ3) is 9.12. The van der Waals surface area contributed by atoms with Crippen LogP contribution in [0.1, 0.15) is 51.4 Å². The summed E-state index contributed by atoms with van der Waals surface area (Å²) >= 11 is 0. The summed E-state index contributed by atoms with van der Waals surface area (Å²) in [6.07, 6.45) is 2.28. The van der Waals surface area contributed by atoms with Gasteiger partial charge in [0.1, 0.15) is 0 Å². The number of carboxylic acids is 1. The van der Waals surface area contributed by atoms with E-state index in [-0.39, 0.29) is 43.4 Å². The van der Waals surface area contributed by atoms with Crippen molar-refractivity contribution in [2.45, 2.75) is 51.4 Å². The fourth-order valence-electron chi connectivity index (χ4n) is 2.63. The summed E-state index contributed by atoms with van der Waals surface area (Å²) in [7, 11) is 4.61. The van der Waals surface area contributed by atoms with Crippen molar-refractivity contribution in [3.63, 3.8) is 0 Å². The van der Waals surface area contributed by atoms with Crippen molar-refractivity contribution >= 4 is 23.7 Å². The normalized spacial score (nSPS) is 10.8. The van der Waals surface area contributed by atoms with Crippen molar-refractivity contribution in [3.8, 4) is 0 Å². The van der Waals surface area contributed by atoms with Crippen LogP contribution in [0.3, 0.4) is 0 Å². The molecular formula is C16H29N3O5. The molecule has 0 spiro atoms. The Morgan fingerprint density at radius 2 is 0.958 bits per heavy atom. The molecule has 0 fully saturated rings. The lowest BCUT2D eigenvalue weighted by molar-refractivity contribution is -0.137. The zero-order chi connectivity index (χ0) is 18.6. The van der Waals surface area contributed by atoms with Gasteiger partial charge in [0.05, 0.1) is 0 Å². The number of nitrogens with one attached hydrogen (secondary N) is 3. The van der Waals surface area contributed by atoms with Gasteiger partial charge in [-0.05, 0) is 31.1 Å². The first-order valence-electron chi connectivity index (χ1n) is 8.12. The van der Waals surface area contributed by atoms with Crippen LogP contribution in [0.2, 0.25) is 0 Å². The van der Waals surface area contributed by atoms with Crippen molar-refractivity contribution in [2.75, 3.05) is 21.1 Å². The largest absolute Gasteiger partial charge is 0.481 e. The molecule has 138 valence electrons. The number of hydrogen-bond acceptors (Lipinski definition) is 4. The predicted molar refractivity (Wildman–Crippen MR) is 89.2 cm³/mol. The molecular weight excluding hydrogens is 314 g/mol. The average molecular weight is 343 g/mol. The molecule has 0 aliphatic heterocycles. The van der Waals surface area contributed by atoms with Crippen molar-refractivity contribution in [2.24, 2.45) is 5.41 Å². The Bertz CT molecular complexity index is 401. The first-order valence-corrected chi connectivity index (χ1v) is 8.12. The number of carbonyl (C=O) groups is 4. The molecule has 0 saturated heterocycles. The van der Waals surface area contributed by atoms with Gasteiger partial charge in [-0.3, -0.25) is 19.2 Å². The van der Waals surface area contributed by atoms with E-state index >= 15 is 0 Å². The maximum atomic E-state index is 11.6. The number of hydrogen-bond donors (Lipinski definition) is 4. The minimum absolute atomic E-state index is 0.0603. The Morgan fingerprint density at radius 3 is 1.21 bits per heavy atom. The topological polar surface area (TPSA) is 125 Å². The molecule has 0 saturated carbocycles. The molecule has 0 rings (SSSR count). The van der Waals surface area contributed by atoms with E-state index in [0.29, 0.717) is 25.7 Å². The summed E-state index contributed by atoms with van der Waals surface area (Å²) in [5.41, 5.74) is -0.538. The lowest BCUT2D eigenvalue weighted by Gasteiger charge is -2.33. The van der Waals surface area contributed by atoms with Crippen LogP contribution in [-0.4, -0.2) is 49.9 Å². The van der Waals surface area contributed by atoms with Gasteiger partial charge >= 0.3 is 5.97 Å². The summed E-state index contributed by atoms with van der Waals surface area (Å²) in [5.74, 6) is -1.36. The highest BCUT2D eigenvalue weighted by atomic mass is 16.4. The number of rotatable bonds is 12. The van der Waals surface area contributed by atoms with Gasteiger partial charge in [-0.1, -0.05) is 0 Å². The number of aliphatic carboxylic acids is 1. The van der Waals surface area contributed by atoms with Crippen molar-refractivity contribution in [3.05, 3.63) is 0 Å². The molecule has 0 aliphatic carbocycles. The number of amides is 3. The second-order valence-corrected chi connectivity index (χ2v) is 5.91. The SMILES string of the molecule is CNC(=O)CCC(CCC(=O)O)(CCC(=O)NC)CCC(=O)NC. The molecule has 0 bridgehead atoms. The summed E-state index contributed by atoms with van der Waals surface area (Å²) in [6, 6.07) is 0. The monoisotopic (exact) mass is 343 g/mol. The highest BCUT2D eigenvalue weighted by Crippen LogP contribution is 2.39. The molecule has 3 amide bonds. The van der Waals surface area contributed by atoms with Crippen molar-refractivity contribution in [1.29, 1.82) is 0 Å². The zero-order valence-corrected chi connectivity index (χ0v) is 14.7. The molecule has 0 radical (unpaired) electrons. The second-order valence-electron chi connectivity index (χ2n) is 5.91. The van der Waals surface area contributed by atoms with Crippen LogP contribution in [0.15, 0.2) is 0 Å². The van der Waals surface area contributed by atoms with Crippen LogP contribution in [-0.2, 0) is 19.2 Å². The van der Waals surface area contributed by atoms with Crippen LogP contribution >= 0.6 is 0 Å². The van der Waals surface area contributed by atoms with E-state index in [2.05, 4.69) is 16.0 Å². The lowest BCUT2D eigenvalue weighted by atomic mass is 9.71. The smallest absolute Gasteiger partial charge is 0.303 e. The predicted octanol–water partition coefficient (Wildman–Crippen LogP) is 0.416. The van der Waals surface area contributed by atoms with E-state index in [1.807, 2.05) is 0 Å². The molecule has 4 N–H and O–H groups in total. The second kappa shape index (κ2) is 11.4. The zero-order valence-electron chi connectivity index (χ0n) is 14.7. The molecule has 0 atom stereocenters. The Morgan fingerprint density at radius 1 is 0.667 bits per heavy atom. The van der Waals surface area contributed by atoms with Gasteiger partial charge in [0.25, 0.3) is 0 Å². The highest BCUT2D eigenvalue weighted by molar-refractivity contribution is 5.77. The Hall–Kier alpha value is -2.12. The Labute approximate surface area is 142 Å². The fraction of sp³-hybridized carbons (Fsp3) is 0.750. The third-order valence-corrected chi connectivity index (χ3v) is 4.35. The van der Waals surface area contributed by atoms with Gasteiger partial charge in [0.15, 0.2) is 0 Å². The molecule has 0 unspecified atom stereocenters. The van der Waals surface area contributed by atoms with Crippen LogP contribution < -0.4 is 16.0 Å². The molecule has 0 heterocycles. The maximum Gasteiger partial charge on any atom is 0.303 e. The molecule has 0 aliphatic rings. The fourth-order valence-corrected chi connectivity index (χ4v) is 2.63. The van der Waals surface area contributed by atoms with Gasteiger partial charge in [-0.2, -0.15) is 0 Å². The molecule has 0 aromatic heterocycles. The molecule has 8 nitrogen and oxygen atoms in total. The molecule has 0 aromatic carbocycles. The number of carbonyl (C=O) groups excluding carboxylic acids is 3. The van der Waals surface area contributed by atoms with E-state index < -0.39 is 11.4 Å². The maximum absolute atomic E-state index is 11.6. The van der Waals surface area contributed by atoms with Crippen molar-refractivity contribution < 1.29 is 24.3 Å². The van der Waals surface area contributed by atoms with Gasteiger partial charge in [-0.15, -0.1) is 0 Å². The van der Waals surface area contributed by atoms with Crippen LogP contribution in [0, 0.1) is 5.41 Å². The first kappa shape index (κ1) is 21.9. The van der Waals surface area contributed by atoms with Crippen LogP contribution in [0.5, 0.6) is 0 Å². The van der Waals surface area contributed by atoms with E-state index in [0.717, 1.165) is 0 Å². The van der Waals surface area contributed by atoms with E-state index in [1.165, 1.54) is 21.1 Å². The lowest BCUT2D eigenvalue weighted by Crippen LogP contribution is -2.30. The third-order valence-electron chi connectivity index (χ3n) is 4.35. The van der Waals surface area contributed by atoms with E-state index in [9.17, 15) is 19.2 Å². The van der Waals surface area contributed by atoms with Crippen LogP contribution in [0.4, 0.5) is 0 Å². The van der Waals surface area contributed by atoms with Gasteiger partial charge in [0, 0.05) is 46.8 Å².